The minimum absolute atomic E-state index is 0.176. The summed E-state index contributed by atoms with van der Waals surface area (Å²) in [6, 6.07) is 1.93. The SMILES string of the molecule is CCc1nc(C(=O)OC)c(N)n1-c1ccsc1. The Morgan fingerprint density at radius 3 is 2.94 bits per heavy atom. The van der Waals surface area contributed by atoms with Crippen molar-refractivity contribution in [2.24, 2.45) is 0 Å². The zero-order valence-corrected chi connectivity index (χ0v) is 10.5. The number of thiophene rings is 1. The molecule has 0 aliphatic carbocycles. The number of nitrogens with two attached hydrogens (primary N) is 1. The maximum atomic E-state index is 11.5. The monoisotopic (exact) mass is 251 g/mol. The first-order chi connectivity index (χ1) is 8.19. The van der Waals surface area contributed by atoms with Crippen LogP contribution in [0, 0.1) is 0 Å². The molecule has 5 nitrogen and oxygen atoms in total. The predicted molar refractivity (Wildman–Crippen MR) is 66.6 cm³/mol. The van der Waals surface area contributed by atoms with Gasteiger partial charge in [0.1, 0.15) is 11.6 Å². The Balaban J connectivity index is 2.59. The molecule has 0 unspecified atom stereocenters. The molecule has 0 saturated carbocycles. The van der Waals surface area contributed by atoms with E-state index in [0.717, 1.165) is 11.5 Å². The van der Waals surface area contributed by atoms with Crippen molar-refractivity contribution in [3.8, 4) is 5.69 Å². The fourth-order valence-electron chi connectivity index (χ4n) is 1.64. The van der Waals surface area contributed by atoms with Gasteiger partial charge >= 0.3 is 5.97 Å². The summed E-state index contributed by atoms with van der Waals surface area (Å²) in [6.45, 7) is 1.96. The number of imidazole rings is 1. The van der Waals surface area contributed by atoms with Gasteiger partial charge < -0.3 is 10.5 Å². The molecule has 90 valence electrons. The second-order valence-corrected chi connectivity index (χ2v) is 4.20. The van der Waals surface area contributed by atoms with E-state index in [1.165, 1.54) is 7.11 Å². The highest BCUT2D eigenvalue weighted by atomic mass is 32.1. The molecule has 0 aromatic carbocycles. The van der Waals surface area contributed by atoms with Crippen molar-refractivity contribution >= 4 is 23.1 Å². The number of aryl methyl sites for hydroxylation is 1. The van der Waals surface area contributed by atoms with Crippen molar-refractivity contribution < 1.29 is 9.53 Å². The van der Waals surface area contributed by atoms with Crippen LogP contribution in [0.25, 0.3) is 5.69 Å². The number of aromatic nitrogens is 2. The minimum Gasteiger partial charge on any atom is -0.464 e. The van der Waals surface area contributed by atoms with Crippen LogP contribution in [0.15, 0.2) is 16.8 Å². The highest BCUT2D eigenvalue weighted by Gasteiger charge is 2.21. The number of anilines is 1. The van der Waals surface area contributed by atoms with E-state index < -0.39 is 5.97 Å². The Bertz CT molecular complexity index is 531. The molecule has 0 fully saturated rings. The highest BCUT2D eigenvalue weighted by molar-refractivity contribution is 7.08. The van der Waals surface area contributed by atoms with Crippen LogP contribution < -0.4 is 5.73 Å². The van der Waals surface area contributed by atoms with Gasteiger partial charge in [0.15, 0.2) is 5.69 Å². The third kappa shape index (κ3) is 1.91. The fraction of sp³-hybridized carbons (Fsp3) is 0.273. The molecule has 6 heteroatoms. The lowest BCUT2D eigenvalue weighted by Gasteiger charge is -2.05. The maximum Gasteiger partial charge on any atom is 0.360 e. The summed E-state index contributed by atoms with van der Waals surface area (Å²) in [5.74, 6) is 0.569. The Labute approximate surface area is 103 Å². The summed E-state index contributed by atoms with van der Waals surface area (Å²) in [7, 11) is 1.32. The number of ether oxygens (including phenoxy) is 1. The van der Waals surface area contributed by atoms with Crippen molar-refractivity contribution in [1.82, 2.24) is 9.55 Å². The van der Waals surface area contributed by atoms with Gasteiger partial charge in [-0.1, -0.05) is 6.92 Å². The molecule has 2 aromatic rings. The number of carbonyl (C=O) groups is 1. The lowest BCUT2D eigenvalue weighted by molar-refractivity contribution is 0.0596. The molecule has 0 aliphatic rings. The molecule has 2 heterocycles. The number of methoxy groups -OCH3 is 1. The Kier molecular flexibility index (Phi) is 3.14. The second-order valence-electron chi connectivity index (χ2n) is 3.42. The Morgan fingerprint density at radius 1 is 1.65 bits per heavy atom. The van der Waals surface area contributed by atoms with E-state index in [1.807, 2.05) is 23.8 Å². The molecule has 0 atom stereocenters. The molecular weight excluding hydrogens is 238 g/mol. The second kappa shape index (κ2) is 4.58. The molecule has 0 aliphatic heterocycles. The van der Waals surface area contributed by atoms with E-state index in [9.17, 15) is 4.79 Å². The van der Waals surface area contributed by atoms with Gasteiger partial charge in [0, 0.05) is 11.8 Å². The molecule has 0 amide bonds. The number of rotatable bonds is 3. The smallest absolute Gasteiger partial charge is 0.360 e. The van der Waals surface area contributed by atoms with Crippen LogP contribution in [-0.2, 0) is 11.2 Å². The average Bonchev–Trinajstić information content (AvgIpc) is 2.95. The number of hydrogen-bond acceptors (Lipinski definition) is 5. The van der Waals surface area contributed by atoms with Crippen LogP contribution in [0.2, 0.25) is 0 Å². The number of hydrogen-bond donors (Lipinski definition) is 1. The third-order valence-electron chi connectivity index (χ3n) is 2.44. The summed E-state index contributed by atoms with van der Waals surface area (Å²) >= 11 is 1.57. The maximum absolute atomic E-state index is 11.5. The first kappa shape index (κ1) is 11.7. The molecule has 0 bridgehead atoms. The molecule has 2 rings (SSSR count). The lowest BCUT2D eigenvalue weighted by atomic mass is 10.4. The van der Waals surface area contributed by atoms with Gasteiger partial charge in [-0.25, -0.2) is 9.78 Å². The van der Waals surface area contributed by atoms with Crippen LogP contribution in [-0.4, -0.2) is 22.6 Å². The Morgan fingerprint density at radius 2 is 2.41 bits per heavy atom. The lowest BCUT2D eigenvalue weighted by Crippen LogP contribution is -2.07. The van der Waals surface area contributed by atoms with Gasteiger partial charge in [-0.15, -0.1) is 0 Å². The topological polar surface area (TPSA) is 70.1 Å². The van der Waals surface area contributed by atoms with Gasteiger partial charge in [-0.2, -0.15) is 11.3 Å². The summed E-state index contributed by atoms with van der Waals surface area (Å²) in [5, 5.41) is 3.91. The number of esters is 1. The number of nitrogen functional groups attached to an aromatic ring is 1. The van der Waals surface area contributed by atoms with E-state index in [2.05, 4.69) is 9.72 Å². The predicted octanol–water partition coefficient (Wildman–Crippen LogP) is 1.87. The highest BCUT2D eigenvalue weighted by Crippen LogP contribution is 2.23. The van der Waals surface area contributed by atoms with E-state index in [0.29, 0.717) is 12.2 Å². The van der Waals surface area contributed by atoms with Gasteiger partial charge in [-0.05, 0) is 11.4 Å². The van der Waals surface area contributed by atoms with Gasteiger partial charge in [-0.3, -0.25) is 4.57 Å². The van der Waals surface area contributed by atoms with Crippen LogP contribution >= 0.6 is 11.3 Å². The molecule has 2 aromatic heterocycles. The van der Waals surface area contributed by atoms with E-state index >= 15 is 0 Å². The zero-order valence-electron chi connectivity index (χ0n) is 9.64. The zero-order chi connectivity index (χ0) is 12.4. The summed E-state index contributed by atoms with van der Waals surface area (Å²) < 4.78 is 6.44. The molecule has 0 spiro atoms. The van der Waals surface area contributed by atoms with Gasteiger partial charge in [0.25, 0.3) is 0 Å². The normalized spacial score (nSPS) is 10.5. The van der Waals surface area contributed by atoms with Crippen LogP contribution in [0.1, 0.15) is 23.2 Å². The summed E-state index contributed by atoms with van der Waals surface area (Å²) in [4.78, 5) is 15.7. The van der Waals surface area contributed by atoms with Crippen LogP contribution in [0.4, 0.5) is 5.82 Å². The summed E-state index contributed by atoms with van der Waals surface area (Å²) in [6.07, 6.45) is 0.692. The van der Waals surface area contributed by atoms with Gasteiger partial charge in [0.2, 0.25) is 0 Å². The fourth-order valence-corrected chi connectivity index (χ4v) is 2.26. The largest absolute Gasteiger partial charge is 0.464 e. The molecular formula is C11H13N3O2S. The van der Waals surface area contributed by atoms with Crippen LogP contribution in [0.5, 0.6) is 0 Å². The van der Waals surface area contributed by atoms with E-state index in [4.69, 9.17) is 5.73 Å². The number of carbonyl (C=O) groups excluding carboxylic acids is 1. The van der Waals surface area contributed by atoms with E-state index in [-0.39, 0.29) is 5.69 Å². The molecule has 0 saturated heterocycles. The number of nitrogens with zero attached hydrogens (tertiary/aromatic N) is 2. The first-order valence-corrected chi connectivity index (χ1v) is 6.11. The third-order valence-corrected chi connectivity index (χ3v) is 3.11. The van der Waals surface area contributed by atoms with Crippen molar-refractivity contribution in [1.29, 1.82) is 0 Å². The summed E-state index contributed by atoms with van der Waals surface area (Å²) in [5.41, 5.74) is 7.05. The van der Waals surface area contributed by atoms with E-state index in [1.54, 1.807) is 15.9 Å². The van der Waals surface area contributed by atoms with Gasteiger partial charge in [0.05, 0.1) is 12.8 Å². The standard InChI is InChI=1S/C11H13N3O2S/c1-3-8-13-9(11(15)16-2)10(12)14(8)7-4-5-17-6-7/h4-6H,3,12H2,1-2H3. The first-order valence-electron chi connectivity index (χ1n) is 5.17. The van der Waals surface area contributed by atoms with Crippen LogP contribution in [0.3, 0.4) is 0 Å². The molecule has 17 heavy (non-hydrogen) atoms. The average molecular weight is 251 g/mol. The van der Waals surface area contributed by atoms with Crippen molar-refractivity contribution in [3.05, 3.63) is 28.3 Å². The van der Waals surface area contributed by atoms with Crippen molar-refractivity contribution in [2.45, 2.75) is 13.3 Å². The quantitative estimate of drug-likeness (QED) is 0.845. The van der Waals surface area contributed by atoms with Crippen molar-refractivity contribution in [2.75, 3.05) is 12.8 Å². The minimum atomic E-state index is -0.508. The molecule has 2 N–H and O–H groups in total. The molecule has 0 radical (unpaired) electrons. The Hall–Kier alpha value is -1.82. The van der Waals surface area contributed by atoms with Crippen molar-refractivity contribution in [3.63, 3.8) is 0 Å².